The monoisotopic (exact) mass is 455 g/mol. The lowest BCUT2D eigenvalue weighted by atomic mass is 10.2. The van der Waals surface area contributed by atoms with Crippen molar-refractivity contribution in [2.24, 2.45) is 5.92 Å². The Hall–Kier alpha value is -1.80. The van der Waals surface area contributed by atoms with Crippen LogP contribution >= 0.6 is 27.7 Å². The van der Waals surface area contributed by atoms with E-state index in [0.29, 0.717) is 18.3 Å². The molecule has 1 fully saturated rings. The van der Waals surface area contributed by atoms with Gasteiger partial charge in [0.05, 0.1) is 22.1 Å². The van der Waals surface area contributed by atoms with Crippen molar-refractivity contribution in [3.05, 3.63) is 33.1 Å². The number of carbonyl (C=O) groups excluding carboxylic acids is 3. The average Bonchev–Trinajstić information content (AvgIpc) is 2.80. The molecule has 8 heteroatoms. The molecule has 1 aliphatic heterocycles. The highest BCUT2D eigenvalue weighted by Crippen LogP contribution is 2.34. The van der Waals surface area contributed by atoms with Crippen LogP contribution in [0, 0.1) is 5.92 Å². The molecule has 0 aliphatic carbocycles. The van der Waals surface area contributed by atoms with Crippen LogP contribution in [0.4, 0.5) is 4.79 Å². The summed E-state index contributed by atoms with van der Waals surface area (Å²) >= 11 is 4.26. The molecule has 1 aromatic carbocycles. The first-order valence-electron chi connectivity index (χ1n) is 8.54. The summed E-state index contributed by atoms with van der Waals surface area (Å²) in [4.78, 5) is 37.4. The normalized spacial score (nSPS) is 16.0. The molecule has 0 saturated carbocycles. The Bertz CT molecular complexity index is 775. The molecule has 0 aromatic heterocycles. The molecule has 0 atom stereocenters. The van der Waals surface area contributed by atoms with Gasteiger partial charge in [-0.25, -0.2) is 0 Å². The van der Waals surface area contributed by atoms with E-state index < -0.39 is 17.1 Å². The second-order valence-corrected chi connectivity index (χ2v) is 8.55. The number of rotatable bonds is 7. The van der Waals surface area contributed by atoms with Crippen molar-refractivity contribution in [3.8, 4) is 5.75 Å². The van der Waals surface area contributed by atoms with E-state index >= 15 is 0 Å². The third-order valence-corrected chi connectivity index (χ3v) is 4.88. The highest BCUT2D eigenvalue weighted by atomic mass is 79.9. The molecule has 2 amide bonds. The summed E-state index contributed by atoms with van der Waals surface area (Å²) < 4.78 is 11.5. The van der Waals surface area contributed by atoms with E-state index in [4.69, 9.17) is 9.47 Å². The lowest BCUT2D eigenvalue weighted by molar-refractivity contribution is -0.149. The van der Waals surface area contributed by atoms with E-state index in [1.165, 1.54) is 0 Å². The van der Waals surface area contributed by atoms with E-state index in [-0.39, 0.29) is 17.6 Å². The molecule has 1 heterocycles. The Balaban J connectivity index is 2.10. The van der Waals surface area contributed by atoms with Crippen LogP contribution in [0.15, 0.2) is 27.6 Å². The Kier molecular flexibility index (Phi) is 7.49. The fourth-order valence-corrected chi connectivity index (χ4v) is 3.55. The summed E-state index contributed by atoms with van der Waals surface area (Å²) in [6, 6.07) is 5.43. The number of hydrogen-bond donors (Lipinski definition) is 0. The van der Waals surface area contributed by atoms with Crippen LogP contribution in [0.2, 0.25) is 0 Å². The molecule has 1 aliphatic rings. The lowest BCUT2D eigenvalue weighted by Crippen LogP contribution is -2.35. The van der Waals surface area contributed by atoms with Crippen LogP contribution in [-0.2, 0) is 14.3 Å². The SMILES string of the molecule is CC(C)COc1ccc(/C=C2/SC(=O)N(CC(=O)OC(C)C)C2=O)cc1Br. The Morgan fingerprint density at radius 2 is 1.96 bits per heavy atom. The third-order valence-electron chi connectivity index (χ3n) is 3.35. The number of imide groups is 1. The van der Waals surface area contributed by atoms with E-state index in [1.54, 1.807) is 26.0 Å². The van der Waals surface area contributed by atoms with Gasteiger partial charge in [-0.15, -0.1) is 0 Å². The van der Waals surface area contributed by atoms with Crippen molar-refractivity contribution in [1.82, 2.24) is 4.90 Å². The van der Waals surface area contributed by atoms with Crippen molar-refractivity contribution in [1.29, 1.82) is 0 Å². The summed E-state index contributed by atoms with van der Waals surface area (Å²) in [6.45, 7) is 7.76. The molecular weight excluding hydrogens is 434 g/mol. The second-order valence-electron chi connectivity index (χ2n) is 6.70. The molecule has 0 unspecified atom stereocenters. The minimum atomic E-state index is -0.608. The first-order valence-corrected chi connectivity index (χ1v) is 10.2. The van der Waals surface area contributed by atoms with Crippen molar-refractivity contribution < 1.29 is 23.9 Å². The van der Waals surface area contributed by atoms with Crippen molar-refractivity contribution in [2.75, 3.05) is 13.2 Å². The molecule has 0 spiro atoms. The number of ether oxygens (including phenoxy) is 2. The Morgan fingerprint density at radius 1 is 1.26 bits per heavy atom. The maximum atomic E-state index is 12.4. The van der Waals surface area contributed by atoms with E-state index in [0.717, 1.165) is 26.7 Å². The molecule has 1 saturated heterocycles. The molecule has 0 bridgehead atoms. The van der Waals surface area contributed by atoms with Crippen molar-refractivity contribution in [2.45, 2.75) is 33.8 Å². The number of amides is 2. The smallest absolute Gasteiger partial charge is 0.326 e. The fraction of sp³-hybridized carbons (Fsp3) is 0.421. The van der Waals surface area contributed by atoms with Crippen LogP contribution in [0.1, 0.15) is 33.3 Å². The van der Waals surface area contributed by atoms with Crippen LogP contribution in [0.5, 0.6) is 5.75 Å². The number of esters is 1. The van der Waals surface area contributed by atoms with Gasteiger partial charge < -0.3 is 9.47 Å². The van der Waals surface area contributed by atoms with E-state index in [2.05, 4.69) is 29.8 Å². The van der Waals surface area contributed by atoms with Crippen LogP contribution in [0.25, 0.3) is 6.08 Å². The van der Waals surface area contributed by atoms with Crippen LogP contribution in [-0.4, -0.2) is 41.3 Å². The fourth-order valence-electron chi connectivity index (χ4n) is 2.20. The van der Waals surface area contributed by atoms with Gasteiger partial charge >= 0.3 is 5.97 Å². The highest BCUT2D eigenvalue weighted by Gasteiger charge is 2.36. The minimum Gasteiger partial charge on any atom is -0.492 e. The first-order chi connectivity index (χ1) is 12.7. The number of halogens is 1. The van der Waals surface area contributed by atoms with Gasteiger partial charge in [-0.1, -0.05) is 19.9 Å². The van der Waals surface area contributed by atoms with Gasteiger partial charge in [-0.3, -0.25) is 19.3 Å². The zero-order valence-corrected chi connectivity index (χ0v) is 18.1. The van der Waals surface area contributed by atoms with E-state index in [1.807, 2.05) is 12.1 Å². The van der Waals surface area contributed by atoms with Gasteiger partial charge in [-0.05, 0) is 71.2 Å². The maximum Gasteiger partial charge on any atom is 0.326 e. The highest BCUT2D eigenvalue weighted by molar-refractivity contribution is 9.10. The van der Waals surface area contributed by atoms with Gasteiger partial charge in [0.1, 0.15) is 12.3 Å². The third kappa shape index (κ3) is 6.10. The zero-order chi connectivity index (χ0) is 20.1. The van der Waals surface area contributed by atoms with Gasteiger partial charge in [0, 0.05) is 0 Å². The Labute approximate surface area is 171 Å². The largest absolute Gasteiger partial charge is 0.492 e. The van der Waals surface area contributed by atoms with Gasteiger partial charge in [-0.2, -0.15) is 0 Å². The topological polar surface area (TPSA) is 72.9 Å². The van der Waals surface area contributed by atoms with Gasteiger partial charge in [0.15, 0.2) is 0 Å². The van der Waals surface area contributed by atoms with Crippen molar-refractivity contribution >= 4 is 50.9 Å². The molecule has 1 aromatic rings. The van der Waals surface area contributed by atoms with Gasteiger partial charge in [0.2, 0.25) is 0 Å². The summed E-state index contributed by atoms with van der Waals surface area (Å²) in [6.07, 6.45) is 1.32. The average molecular weight is 456 g/mol. The van der Waals surface area contributed by atoms with Crippen LogP contribution in [0.3, 0.4) is 0 Å². The molecule has 27 heavy (non-hydrogen) atoms. The summed E-state index contributed by atoms with van der Waals surface area (Å²) in [7, 11) is 0. The predicted molar refractivity (Wildman–Crippen MR) is 108 cm³/mol. The molecule has 2 rings (SSSR count). The molecule has 6 nitrogen and oxygen atoms in total. The number of nitrogens with zero attached hydrogens (tertiary/aromatic N) is 1. The quantitative estimate of drug-likeness (QED) is 0.445. The number of benzene rings is 1. The number of carbonyl (C=O) groups is 3. The predicted octanol–water partition coefficient (Wildman–Crippen LogP) is 4.47. The van der Waals surface area contributed by atoms with Gasteiger partial charge in [0.25, 0.3) is 11.1 Å². The molecule has 0 radical (unpaired) electrons. The number of thioether (sulfide) groups is 1. The van der Waals surface area contributed by atoms with Crippen molar-refractivity contribution in [3.63, 3.8) is 0 Å². The van der Waals surface area contributed by atoms with E-state index in [9.17, 15) is 14.4 Å². The minimum absolute atomic E-state index is 0.264. The number of hydrogen-bond acceptors (Lipinski definition) is 6. The maximum absolute atomic E-state index is 12.4. The molecule has 146 valence electrons. The first kappa shape index (κ1) is 21.5. The summed E-state index contributed by atoms with van der Waals surface area (Å²) in [5.74, 6) is 0.0147. The Morgan fingerprint density at radius 3 is 2.56 bits per heavy atom. The van der Waals surface area contributed by atoms with Crippen LogP contribution < -0.4 is 4.74 Å². The zero-order valence-electron chi connectivity index (χ0n) is 15.7. The molecular formula is C19H22BrNO5S. The summed E-state index contributed by atoms with van der Waals surface area (Å²) in [5, 5.41) is -0.483. The lowest BCUT2D eigenvalue weighted by Gasteiger charge is -2.13. The summed E-state index contributed by atoms with van der Waals surface area (Å²) in [5.41, 5.74) is 0.744. The standard InChI is InChI=1S/C19H22BrNO5S/c1-11(2)10-25-15-6-5-13(7-14(15)20)8-16-18(23)21(19(24)27-16)9-17(22)26-12(3)4/h5-8,11-12H,9-10H2,1-4H3/b16-8+. The second kappa shape index (κ2) is 9.41. The molecule has 0 N–H and O–H groups in total.